The van der Waals surface area contributed by atoms with Crippen molar-refractivity contribution in [1.82, 2.24) is 14.5 Å². The van der Waals surface area contributed by atoms with Crippen molar-refractivity contribution >= 4 is 10.0 Å². The first-order chi connectivity index (χ1) is 12.1. The molecule has 1 unspecified atom stereocenters. The van der Waals surface area contributed by atoms with Gasteiger partial charge in [-0.15, -0.1) is 0 Å². The zero-order valence-electron chi connectivity index (χ0n) is 13.7. The van der Waals surface area contributed by atoms with Crippen LogP contribution < -0.4 is 9.46 Å². The monoisotopic (exact) mass is 361 g/mol. The van der Waals surface area contributed by atoms with E-state index in [1.165, 1.54) is 6.07 Å². The van der Waals surface area contributed by atoms with Crippen LogP contribution in [0, 0.1) is 0 Å². The van der Waals surface area contributed by atoms with Gasteiger partial charge in [0.15, 0.2) is 0 Å². The minimum absolute atomic E-state index is 0.0952. The molecule has 0 fully saturated rings. The number of nitrogens with one attached hydrogen (secondary N) is 1. The van der Waals surface area contributed by atoms with Crippen molar-refractivity contribution in [3.05, 3.63) is 66.9 Å². The number of para-hydroxylation sites is 1. The molecule has 0 amide bonds. The standard InChI is InChI=1S/C17H19N3O4S/c1-2-23-16-7-3-4-9-17(16)25(21,22)19-13-14(15-8-5-12-24-15)20-11-6-10-18-20/h3-12,14,19H,2,13H2,1H3. The summed E-state index contributed by atoms with van der Waals surface area (Å²) in [6.07, 6.45) is 4.94. The maximum absolute atomic E-state index is 12.7. The molecule has 8 heteroatoms. The van der Waals surface area contributed by atoms with Gasteiger partial charge in [-0.05, 0) is 37.3 Å². The fourth-order valence-corrected chi connectivity index (χ4v) is 3.67. The van der Waals surface area contributed by atoms with Gasteiger partial charge in [-0.25, -0.2) is 13.1 Å². The lowest BCUT2D eigenvalue weighted by Gasteiger charge is -2.17. The number of sulfonamides is 1. The Morgan fingerprint density at radius 2 is 2.08 bits per heavy atom. The van der Waals surface area contributed by atoms with Crippen molar-refractivity contribution in [2.75, 3.05) is 13.2 Å². The van der Waals surface area contributed by atoms with Crippen LogP contribution in [0.15, 0.2) is 70.4 Å². The van der Waals surface area contributed by atoms with Crippen LogP contribution in [-0.4, -0.2) is 31.3 Å². The van der Waals surface area contributed by atoms with E-state index in [4.69, 9.17) is 9.15 Å². The van der Waals surface area contributed by atoms with Gasteiger partial charge >= 0.3 is 0 Å². The first-order valence-electron chi connectivity index (χ1n) is 7.86. The van der Waals surface area contributed by atoms with Gasteiger partial charge in [0.25, 0.3) is 0 Å². The number of hydrogen-bond donors (Lipinski definition) is 1. The van der Waals surface area contributed by atoms with E-state index in [-0.39, 0.29) is 17.5 Å². The van der Waals surface area contributed by atoms with Crippen LogP contribution >= 0.6 is 0 Å². The second-order valence-corrected chi connectivity index (χ2v) is 6.98. The molecule has 1 atom stereocenters. The molecule has 0 spiro atoms. The van der Waals surface area contributed by atoms with E-state index in [9.17, 15) is 8.42 Å². The lowest BCUT2D eigenvalue weighted by molar-refractivity contribution is 0.331. The highest BCUT2D eigenvalue weighted by molar-refractivity contribution is 7.89. The largest absolute Gasteiger partial charge is 0.492 e. The van der Waals surface area contributed by atoms with E-state index in [2.05, 4.69) is 9.82 Å². The summed E-state index contributed by atoms with van der Waals surface area (Å²) in [4.78, 5) is 0.107. The Labute approximate surface area is 146 Å². The van der Waals surface area contributed by atoms with Crippen LogP contribution in [-0.2, 0) is 10.0 Å². The molecule has 7 nitrogen and oxygen atoms in total. The molecule has 1 aromatic carbocycles. The molecule has 0 aliphatic rings. The Hall–Kier alpha value is -2.58. The second kappa shape index (κ2) is 7.54. The maximum atomic E-state index is 12.7. The lowest BCUT2D eigenvalue weighted by atomic mass is 10.2. The highest BCUT2D eigenvalue weighted by atomic mass is 32.2. The third-order valence-corrected chi connectivity index (χ3v) is 5.08. The van der Waals surface area contributed by atoms with Gasteiger partial charge in [-0.3, -0.25) is 4.68 Å². The number of benzene rings is 1. The summed E-state index contributed by atoms with van der Waals surface area (Å²) in [6.45, 7) is 2.29. The summed E-state index contributed by atoms with van der Waals surface area (Å²) < 4.78 is 40.6. The third kappa shape index (κ3) is 3.92. The quantitative estimate of drug-likeness (QED) is 0.666. The van der Waals surface area contributed by atoms with Gasteiger partial charge in [0, 0.05) is 18.9 Å². The average molecular weight is 361 g/mol. The van der Waals surface area contributed by atoms with Gasteiger partial charge in [-0.1, -0.05) is 12.1 Å². The van der Waals surface area contributed by atoms with E-state index in [0.29, 0.717) is 18.1 Å². The molecule has 0 aliphatic carbocycles. The van der Waals surface area contributed by atoms with Gasteiger partial charge in [0.05, 0.1) is 12.9 Å². The smallest absolute Gasteiger partial charge is 0.244 e. The number of nitrogens with zero attached hydrogens (tertiary/aromatic N) is 2. The van der Waals surface area contributed by atoms with Crippen molar-refractivity contribution in [3.8, 4) is 5.75 Å². The van der Waals surface area contributed by atoms with Gasteiger partial charge in [0.1, 0.15) is 22.4 Å². The Morgan fingerprint density at radius 1 is 1.24 bits per heavy atom. The normalized spacial score (nSPS) is 12.8. The van der Waals surface area contributed by atoms with Gasteiger partial charge in [-0.2, -0.15) is 5.10 Å². The fraction of sp³-hybridized carbons (Fsp3) is 0.235. The molecular formula is C17H19N3O4S. The molecule has 1 N–H and O–H groups in total. The van der Waals surface area contributed by atoms with Crippen molar-refractivity contribution < 1.29 is 17.6 Å². The minimum Gasteiger partial charge on any atom is -0.492 e. The number of hydrogen-bond acceptors (Lipinski definition) is 5. The van der Waals surface area contributed by atoms with Crippen LogP contribution in [0.25, 0.3) is 0 Å². The molecule has 2 aromatic heterocycles. The zero-order valence-corrected chi connectivity index (χ0v) is 14.5. The Balaban J connectivity index is 1.83. The van der Waals surface area contributed by atoms with E-state index in [0.717, 1.165) is 0 Å². The van der Waals surface area contributed by atoms with Crippen LogP contribution in [0.4, 0.5) is 0 Å². The number of ether oxygens (including phenoxy) is 1. The minimum atomic E-state index is -3.75. The molecule has 0 saturated heterocycles. The molecule has 2 heterocycles. The number of furan rings is 1. The third-order valence-electron chi connectivity index (χ3n) is 3.62. The van der Waals surface area contributed by atoms with Gasteiger partial charge in [0.2, 0.25) is 10.0 Å². The van der Waals surface area contributed by atoms with Crippen LogP contribution in [0.5, 0.6) is 5.75 Å². The summed E-state index contributed by atoms with van der Waals surface area (Å²) in [5.41, 5.74) is 0. The molecule has 132 valence electrons. The first kappa shape index (κ1) is 17.2. The van der Waals surface area contributed by atoms with Crippen molar-refractivity contribution in [3.63, 3.8) is 0 Å². The maximum Gasteiger partial charge on any atom is 0.244 e. The second-order valence-electron chi connectivity index (χ2n) is 5.25. The van der Waals surface area contributed by atoms with Crippen molar-refractivity contribution in [2.45, 2.75) is 17.9 Å². The molecule has 0 aliphatic heterocycles. The van der Waals surface area contributed by atoms with E-state index in [1.54, 1.807) is 59.7 Å². The molecule has 25 heavy (non-hydrogen) atoms. The Morgan fingerprint density at radius 3 is 2.76 bits per heavy atom. The summed E-state index contributed by atoms with van der Waals surface area (Å²) in [5, 5.41) is 4.19. The lowest BCUT2D eigenvalue weighted by Crippen LogP contribution is -2.31. The predicted molar refractivity (Wildman–Crippen MR) is 91.9 cm³/mol. The topological polar surface area (TPSA) is 86.4 Å². The van der Waals surface area contributed by atoms with E-state index >= 15 is 0 Å². The van der Waals surface area contributed by atoms with Gasteiger partial charge < -0.3 is 9.15 Å². The first-order valence-corrected chi connectivity index (χ1v) is 9.34. The highest BCUT2D eigenvalue weighted by Gasteiger charge is 2.23. The van der Waals surface area contributed by atoms with Crippen molar-refractivity contribution in [2.24, 2.45) is 0 Å². The summed E-state index contributed by atoms with van der Waals surface area (Å²) >= 11 is 0. The molecular weight excluding hydrogens is 342 g/mol. The SMILES string of the molecule is CCOc1ccccc1S(=O)(=O)NCC(c1ccco1)n1cccn1. The number of aromatic nitrogens is 2. The molecule has 0 saturated carbocycles. The summed E-state index contributed by atoms with van der Waals surface area (Å²) in [7, 11) is -3.75. The molecule has 0 radical (unpaired) electrons. The molecule has 3 rings (SSSR count). The van der Waals surface area contributed by atoms with Crippen LogP contribution in [0.2, 0.25) is 0 Å². The predicted octanol–water partition coefficient (Wildman–Crippen LogP) is 2.44. The molecule has 3 aromatic rings. The molecule has 0 bridgehead atoms. The zero-order chi connectivity index (χ0) is 17.7. The fourth-order valence-electron chi connectivity index (χ4n) is 2.48. The summed E-state index contributed by atoms with van der Waals surface area (Å²) in [5.74, 6) is 0.940. The Kier molecular flexibility index (Phi) is 5.20. The highest BCUT2D eigenvalue weighted by Crippen LogP contribution is 2.24. The van der Waals surface area contributed by atoms with Crippen LogP contribution in [0.1, 0.15) is 18.7 Å². The average Bonchev–Trinajstić information content (AvgIpc) is 3.30. The number of rotatable bonds is 8. The Bertz CT molecular complexity index is 856. The summed E-state index contributed by atoms with van der Waals surface area (Å²) in [6, 6.07) is 11.5. The van der Waals surface area contributed by atoms with E-state index < -0.39 is 10.0 Å². The van der Waals surface area contributed by atoms with E-state index in [1.807, 2.05) is 6.92 Å². The van der Waals surface area contributed by atoms with Crippen LogP contribution in [0.3, 0.4) is 0 Å². The van der Waals surface area contributed by atoms with Crippen molar-refractivity contribution in [1.29, 1.82) is 0 Å².